The van der Waals surface area contributed by atoms with Gasteiger partial charge >= 0.3 is 0 Å². The lowest BCUT2D eigenvalue weighted by Crippen LogP contribution is -2.40. The Bertz CT molecular complexity index is 1260. The molecule has 0 saturated carbocycles. The lowest BCUT2D eigenvalue weighted by molar-refractivity contribution is -0.118. The van der Waals surface area contributed by atoms with E-state index in [0.29, 0.717) is 11.0 Å². The molecule has 6 nitrogen and oxygen atoms in total. The number of hydrogen-bond acceptors (Lipinski definition) is 5. The molecule has 5 rings (SSSR count). The fourth-order valence-corrected chi connectivity index (χ4v) is 5.17. The predicted octanol–water partition coefficient (Wildman–Crippen LogP) is 5.29. The predicted molar refractivity (Wildman–Crippen MR) is 126 cm³/mol. The van der Waals surface area contributed by atoms with E-state index >= 15 is 0 Å². The molecule has 162 valence electrons. The molecule has 2 aromatic carbocycles. The maximum absolute atomic E-state index is 13.5. The van der Waals surface area contributed by atoms with E-state index in [1.165, 1.54) is 17.3 Å². The number of carbonyl (C=O) groups is 1. The van der Waals surface area contributed by atoms with E-state index in [0.717, 1.165) is 29.1 Å². The van der Waals surface area contributed by atoms with Gasteiger partial charge in [-0.25, -0.2) is 0 Å². The summed E-state index contributed by atoms with van der Waals surface area (Å²) in [6.45, 7) is 5.94. The number of hydrogen-bond donors (Lipinski definition) is 0. The van der Waals surface area contributed by atoms with E-state index in [1.54, 1.807) is 6.26 Å². The monoisotopic (exact) mass is 444 g/mol. The topological polar surface area (TPSA) is 64.2 Å². The first-order chi connectivity index (χ1) is 15.5. The van der Waals surface area contributed by atoms with Gasteiger partial charge in [0.05, 0.1) is 17.1 Å². The molecule has 3 heterocycles. The highest BCUT2D eigenvalue weighted by Gasteiger charge is 2.34. The number of thioether (sulfide) groups is 1. The van der Waals surface area contributed by atoms with Crippen LogP contribution in [-0.4, -0.2) is 32.0 Å². The van der Waals surface area contributed by atoms with Crippen molar-refractivity contribution in [2.24, 2.45) is 0 Å². The van der Waals surface area contributed by atoms with Crippen molar-refractivity contribution in [1.82, 2.24) is 14.8 Å². The number of amides is 1. The first-order valence-electron chi connectivity index (χ1n) is 10.7. The largest absolute Gasteiger partial charge is 0.469 e. The number of aromatic nitrogens is 3. The number of furan rings is 1. The van der Waals surface area contributed by atoms with Gasteiger partial charge in [0.15, 0.2) is 11.0 Å². The highest BCUT2D eigenvalue weighted by atomic mass is 32.2. The number of rotatable bonds is 5. The summed E-state index contributed by atoms with van der Waals surface area (Å²) in [5.41, 5.74) is 4.05. The Balaban J connectivity index is 1.49. The number of para-hydroxylation sites is 2. The average Bonchev–Trinajstić information content (AvgIpc) is 3.49. The molecule has 0 radical (unpaired) electrons. The third-order valence-electron chi connectivity index (χ3n) is 5.82. The maximum Gasteiger partial charge on any atom is 0.240 e. The van der Waals surface area contributed by atoms with Crippen LogP contribution in [-0.2, 0) is 11.2 Å². The van der Waals surface area contributed by atoms with Crippen LogP contribution in [0.1, 0.15) is 25.2 Å². The minimum absolute atomic E-state index is 0.0797. The molecule has 2 unspecified atom stereocenters. The minimum Gasteiger partial charge on any atom is -0.469 e. The molecule has 4 aromatic rings. The van der Waals surface area contributed by atoms with Gasteiger partial charge in [-0.3, -0.25) is 9.36 Å². The van der Waals surface area contributed by atoms with E-state index in [9.17, 15) is 4.79 Å². The van der Waals surface area contributed by atoms with E-state index in [4.69, 9.17) is 4.42 Å². The number of anilines is 1. The Morgan fingerprint density at radius 3 is 2.59 bits per heavy atom. The number of carbonyl (C=O) groups excluding carboxylic acids is 1. The number of fused-ring (bicyclic) bond motifs is 1. The zero-order valence-corrected chi connectivity index (χ0v) is 19.0. The van der Waals surface area contributed by atoms with Crippen LogP contribution in [0.25, 0.3) is 17.1 Å². The van der Waals surface area contributed by atoms with Crippen molar-refractivity contribution in [2.75, 3.05) is 4.90 Å². The molecule has 0 bridgehead atoms. The summed E-state index contributed by atoms with van der Waals surface area (Å²) in [4.78, 5) is 15.4. The number of aryl methyl sites for hydroxylation is 1. The summed E-state index contributed by atoms with van der Waals surface area (Å²) in [5, 5.41) is 9.28. The smallest absolute Gasteiger partial charge is 0.240 e. The highest BCUT2D eigenvalue weighted by Crippen LogP contribution is 2.36. The van der Waals surface area contributed by atoms with E-state index < -0.39 is 0 Å². The molecule has 1 aliphatic heterocycles. The van der Waals surface area contributed by atoms with Crippen LogP contribution in [0.3, 0.4) is 0 Å². The standard InChI is InChI=1S/C25H24N4O2S/c1-16-15-19-9-7-8-12-22(19)28(16)24(30)18(3)32-25-27-26-23(21-13-14-31-17(21)2)29(25)20-10-5-4-6-11-20/h4-14,16,18H,15H2,1-3H3. The van der Waals surface area contributed by atoms with Crippen LogP contribution < -0.4 is 4.90 Å². The molecule has 32 heavy (non-hydrogen) atoms. The van der Waals surface area contributed by atoms with Crippen molar-refractivity contribution in [3.63, 3.8) is 0 Å². The molecule has 0 saturated heterocycles. The Labute approximate surface area is 191 Å². The fourth-order valence-electron chi connectivity index (χ4n) is 4.25. The van der Waals surface area contributed by atoms with Crippen molar-refractivity contribution in [3.8, 4) is 17.1 Å². The third-order valence-corrected chi connectivity index (χ3v) is 6.85. The van der Waals surface area contributed by atoms with Gasteiger partial charge in [0.25, 0.3) is 0 Å². The van der Waals surface area contributed by atoms with Gasteiger partial charge in [-0.1, -0.05) is 48.2 Å². The zero-order chi connectivity index (χ0) is 22.2. The second-order valence-electron chi connectivity index (χ2n) is 8.02. The van der Waals surface area contributed by atoms with Crippen molar-refractivity contribution in [3.05, 3.63) is 78.3 Å². The summed E-state index contributed by atoms with van der Waals surface area (Å²) in [6, 6.07) is 20.1. The fraction of sp³-hybridized carbons (Fsp3) is 0.240. The van der Waals surface area contributed by atoms with Crippen LogP contribution >= 0.6 is 11.8 Å². The van der Waals surface area contributed by atoms with Crippen LogP contribution in [0, 0.1) is 6.92 Å². The third kappa shape index (κ3) is 3.52. The van der Waals surface area contributed by atoms with Gasteiger partial charge in [0.1, 0.15) is 5.76 Å². The molecule has 0 aliphatic carbocycles. The Kier molecular flexibility index (Phi) is 5.35. The second-order valence-corrected chi connectivity index (χ2v) is 9.33. The molecule has 0 fully saturated rings. The van der Waals surface area contributed by atoms with Gasteiger partial charge in [0, 0.05) is 17.4 Å². The lowest BCUT2D eigenvalue weighted by atomic mass is 10.1. The van der Waals surface area contributed by atoms with Crippen molar-refractivity contribution in [2.45, 2.75) is 43.6 Å². The van der Waals surface area contributed by atoms with Crippen molar-refractivity contribution in [1.29, 1.82) is 0 Å². The highest BCUT2D eigenvalue weighted by molar-refractivity contribution is 8.00. The lowest BCUT2D eigenvalue weighted by Gasteiger charge is -2.25. The summed E-state index contributed by atoms with van der Waals surface area (Å²) in [5.74, 6) is 1.55. The number of benzene rings is 2. The quantitative estimate of drug-likeness (QED) is 0.391. The molecular formula is C25H24N4O2S. The van der Waals surface area contributed by atoms with E-state index in [2.05, 4.69) is 23.2 Å². The molecule has 2 atom stereocenters. The Morgan fingerprint density at radius 2 is 1.84 bits per heavy atom. The van der Waals surface area contributed by atoms with Gasteiger partial charge in [-0.2, -0.15) is 0 Å². The van der Waals surface area contributed by atoms with Gasteiger partial charge in [0.2, 0.25) is 5.91 Å². The summed E-state index contributed by atoms with van der Waals surface area (Å²) >= 11 is 1.43. The Hall–Kier alpha value is -3.32. The van der Waals surface area contributed by atoms with Crippen LogP contribution in [0.5, 0.6) is 0 Å². The van der Waals surface area contributed by atoms with E-state index in [-0.39, 0.29) is 17.2 Å². The summed E-state index contributed by atoms with van der Waals surface area (Å²) < 4.78 is 7.50. The molecular weight excluding hydrogens is 420 g/mol. The van der Waals surface area contributed by atoms with Gasteiger partial charge in [-0.15, -0.1) is 10.2 Å². The molecule has 7 heteroatoms. The van der Waals surface area contributed by atoms with Crippen molar-refractivity contribution >= 4 is 23.4 Å². The normalized spacial score (nSPS) is 16.2. The summed E-state index contributed by atoms with van der Waals surface area (Å²) in [7, 11) is 0. The SMILES string of the molecule is Cc1occc1-c1nnc(SC(C)C(=O)N2c3ccccc3CC2C)n1-c1ccccc1. The molecule has 0 N–H and O–H groups in total. The molecule has 0 spiro atoms. The number of nitrogens with zero attached hydrogens (tertiary/aromatic N) is 4. The van der Waals surface area contributed by atoms with Crippen LogP contribution in [0.15, 0.2) is 76.5 Å². The second kappa shape index (κ2) is 8.31. The summed E-state index contributed by atoms with van der Waals surface area (Å²) in [6.07, 6.45) is 2.53. The zero-order valence-electron chi connectivity index (χ0n) is 18.2. The first-order valence-corrected chi connectivity index (χ1v) is 11.6. The molecule has 1 amide bonds. The van der Waals surface area contributed by atoms with Crippen molar-refractivity contribution < 1.29 is 9.21 Å². The maximum atomic E-state index is 13.5. The molecule has 2 aromatic heterocycles. The Morgan fingerprint density at radius 1 is 1.09 bits per heavy atom. The van der Waals surface area contributed by atoms with Gasteiger partial charge in [-0.05, 0) is 57.0 Å². The van der Waals surface area contributed by atoms with Crippen LogP contribution in [0.4, 0.5) is 5.69 Å². The molecule has 1 aliphatic rings. The minimum atomic E-state index is -0.325. The average molecular weight is 445 g/mol. The van der Waals surface area contributed by atoms with Gasteiger partial charge < -0.3 is 9.32 Å². The van der Waals surface area contributed by atoms with E-state index in [1.807, 2.05) is 77.9 Å². The first kappa shape index (κ1) is 20.6. The van der Waals surface area contributed by atoms with Crippen LogP contribution in [0.2, 0.25) is 0 Å².